The molecule has 0 spiro atoms. The van der Waals surface area contributed by atoms with Crippen molar-refractivity contribution in [2.45, 2.75) is 89.1 Å². The van der Waals surface area contributed by atoms with Crippen molar-refractivity contribution in [3.8, 4) is 0 Å². The number of hydrogen-bond acceptors (Lipinski definition) is 5. The fourth-order valence-electron chi connectivity index (χ4n) is 9.57. The van der Waals surface area contributed by atoms with Gasteiger partial charge in [-0.25, -0.2) is 4.79 Å². The molecule has 0 amide bonds. The Bertz CT molecular complexity index is 778. The largest absolute Gasteiger partial charge is 0.455 e. The van der Waals surface area contributed by atoms with Crippen LogP contribution in [0.4, 0.5) is 8.78 Å². The minimum Gasteiger partial charge on any atom is -0.455 e. The van der Waals surface area contributed by atoms with Crippen LogP contribution in [0.5, 0.6) is 0 Å². The van der Waals surface area contributed by atoms with Crippen molar-refractivity contribution in [1.29, 1.82) is 0 Å². The van der Waals surface area contributed by atoms with Crippen LogP contribution in [0.15, 0.2) is 0 Å². The van der Waals surface area contributed by atoms with Gasteiger partial charge in [-0.05, 0) is 106 Å². The molecular weight excluding hydrogens is 430 g/mol. The summed E-state index contributed by atoms with van der Waals surface area (Å²) in [6, 6.07) is 0. The summed E-state index contributed by atoms with van der Waals surface area (Å²) in [5, 5.41) is 0. The van der Waals surface area contributed by atoms with E-state index in [0.29, 0.717) is 51.6 Å². The lowest BCUT2D eigenvalue weighted by molar-refractivity contribution is -0.228. The molecule has 5 nitrogen and oxygen atoms in total. The Hall–Kier alpha value is -1.24. The van der Waals surface area contributed by atoms with Crippen molar-refractivity contribution >= 4 is 11.9 Å². The summed E-state index contributed by atoms with van der Waals surface area (Å²) in [7, 11) is 0. The number of ether oxygens (including phenoxy) is 3. The van der Waals surface area contributed by atoms with Crippen molar-refractivity contribution in [3.63, 3.8) is 0 Å². The molecule has 8 bridgehead atoms. The second-order valence-corrected chi connectivity index (χ2v) is 12.7. The smallest absolute Gasteiger partial charge is 0.377 e. The van der Waals surface area contributed by atoms with Gasteiger partial charge in [0.1, 0.15) is 5.60 Å². The summed E-state index contributed by atoms with van der Waals surface area (Å²) in [5.74, 6) is -0.900. The van der Waals surface area contributed by atoms with Crippen LogP contribution >= 0.6 is 0 Å². The van der Waals surface area contributed by atoms with E-state index in [-0.39, 0.29) is 24.6 Å². The van der Waals surface area contributed by atoms with Gasteiger partial charge in [0.05, 0.1) is 12.0 Å². The summed E-state index contributed by atoms with van der Waals surface area (Å²) in [6.45, 7) is 1.19. The molecule has 0 aromatic carbocycles. The number of halogens is 2. The van der Waals surface area contributed by atoms with Crippen molar-refractivity contribution in [2.24, 2.45) is 46.8 Å². The molecule has 0 heterocycles. The van der Waals surface area contributed by atoms with Crippen LogP contribution in [0.25, 0.3) is 0 Å². The molecule has 0 saturated heterocycles. The molecule has 184 valence electrons. The lowest BCUT2D eigenvalue weighted by Crippen LogP contribution is -2.60. The Morgan fingerprint density at radius 3 is 2.03 bits per heavy atom. The van der Waals surface area contributed by atoms with Crippen LogP contribution in [0.2, 0.25) is 0 Å². The molecule has 2 unspecified atom stereocenters. The number of alkyl halides is 2. The molecule has 0 N–H and O–H groups in total. The molecule has 2 atom stereocenters. The molecule has 0 radical (unpaired) electrons. The maximum atomic E-state index is 13.5. The van der Waals surface area contributed by atoms with Gasteiger partial charge < -0.3 is 14.2 Å². The second-order valence-electron chi connectivity index (χ2n) is 12.7. The van der Waals surface area contributed by atoms with Gasteiger partial charge in [-0.15, -0.1) is 0 Å². The zero-order valence-corrected chi connectivity index (χ0v) is 19.5. The number of hydrogen-bond donors (Lipinski definition) is 0. The first kappa shape index (κ1) is 22.2. The average molecular weight is 467 g/mol. The van der Waals surface area contributed by atoms with Gasteiger partial charge in [0.25, 0.3) is 0 Å². The highest BCUT2D eigenvalue weighted by Crippen LogP contribution is 2.63. The predicted octanol–water partition coefficient (Wildman–Crippen LogP) is 5.11. The summed E-state index contributed by atoms with van der Waals surface area (Å²) in [6.07, 6.45) is 10.6. The maximum Gasteiger partial charge on any atom is 0.377 e. The Labute approximate surface area is 194 Å². The molecule has 8 rings (SSSR count). The predicted molar refractivity (Wildman–Crippen MR) is 114 cm³/mol. The molecule has 0 aromatic rings. The van der Waals surface area contributed by atoms with Gasteiger partial charge in [-0.3, -0.25) is 4.79 Å². The fraction of sp³-hybridized carbons (Fsp3) is 0.923. The highest BCUT2D eigenvalue weighted by atomic mass is 19.3. The lowest BCUT2D eigenvalue weighted by Gasteiger charge is -2.59. The van der Waals surface area contributed by atoms with E-state index < -0.39 is 22.9 Å². The maximum absolute atomic E-state index is 13.5. The Kier molecular flexibility index (Phi) is 5.14. The number of esters is 2. The van der Waals surface area contributed by atoms with Crippen LogP contribution in [0, 0.1) is 46.8 Å². The van der Waals surface area contributed by atoms with E-state index in [9.17, 15) is 18.4 Å². The summed E-state index contributed by atoms with van der Waals surface area (Å²) in [5.41, 5.74) is -1.69. The molecule has 0 aliphatic heterocycles. The molecule has 8 aliphatic rings. The normalized spacial score (nSPS) is 47.1. The molecule has 0 aromatic heterocycles. The average Bonchev–Trinajstić information content (AvgIpc) is 2.70. The van der Waals surface area contributed by atoms with Gasteiger partial charge in [-0.1, -0.05) is 0 Å². The van der Waals surface area contributed by atoms with Crippen LogP contribution in [0.1, 0.15) is 77.6 Å². The quantitative estimate of drug-likeness (QED) is 0.296. The van der Waals surface area contributed by atoms with Gasteiger partial charge in [0, 0.05) is 13.3 Å². The van der Waals surface area contributed by atoms with Gasteiger partial charge in [0.2, 0.25) is 0 Å². The number of rotatable bonds is 7. The standard InChI is InChI=1S/C26H36F2O5/c1-24(27,28)22(29)33-26-10-17-3-18(11-26)9-25(8-17,13-26)23(30)32-14-31-12-21-19-4-15-2-16(6-19)7-20(21)5-15/h15-21H,2-14H2,1H3. The first-order valence-electron chi connectivity index (χ1n) is 13.0. The highest BCUT2D eigenvalue weighted by Gasteiger charge is 2.63. The van der Waals surface area contributed by atoms with Crippen molar-refractivity contribution in [2.75, 3.05) is 13.4 Å². The summed E-state index contributed by atoms with van der Waals surface area (Å²) >= 11 is 0. The van der Waals surface area contributed by atoms with Crippen molar-refractivity contribution in [1.82, 2.24) is 0 Å². The fourth-order valence-corrected chi connectivity index (χ4v) is 9.57. The molecule has 8 fully saturated rings. The Balaban J connectivity index is 1.05. The lowest BCUT2D eigenvalue weighted by atomic mass is 9.48. The molecule has 8 saturated carbocycles. The monoisotopic (exact) mass is 466 g/mol. The van der Waals surface area contributed by atoms with E-state index in [2.05, 4.69) is 0 Å². The Morgan fingerprint density at radius 1 is 0.879 bits per heavy atom. The van der Waals surface area contributed by atoms with E-state index in [4.69, 9.17) is 14.2 Å². The van der Waals surface area contributed by atoms with Gasteiger partial charge in [0.15, 0.2) is 6.79 Å². The minimum absolute atomic E-state index is 0.0431. The molecular formula is C26H36F2O5. The third kappa shape index (κ3) is 3.90. The van der Waals surface area contributed by atoms with Crippen LogP contribution < -0.4 is 0 Å². The molecule has 8 aliphatic carbocycles. The molecule has 33 heavy (non-hydrogen) atoms. The van der Waals surface area contributed by atoms with Crippen LogP contribution in [-0.4, -0.2) is 36.9 Å². The zero-order chi connectivity index (χ0) is 23.0. The minimum atomic E-state index is -3.53. The zero-order valence-electron chi connectivity index (χ0n) is 19.5. The first-order valence-corrected chi connectivity index (χ1v) is 13.0. The van der Waals surface area contributed by atoms with Crippen molar-refractivity contribution in [3.05, 3.63) is 0 Å². The first-order chi connectivity index (χ1) is 15.6. The SMILES string of the molecule is CC(F)(F)C(=O)OC12CC3CC(C1)CC(C(=O)OCOCC1C4CC5CC(C4)CC1C5)(C3)C2. The summed E-state index contributed by atoms with van der Waals surface area (Å²) < 4.78 is 44.0. The number of carbonyl (C=O) groups excluding carboxylic acids is 2. The van der Waals surface area contributed by atoms with E-state index in [1.54, 1.807) is 0 Å². The number of carbonyl (C=O) groups is 2. The Morgan fingerprint density at radius 2 is 1.45 bits per heavy atom. The van der Waals surface area contributed by atoms with Crippen LogP contribution in [-0.2, 0) is 23.8 Å². The molecule has 7 heteroatoms. The summed E-state index contributed by atoms with van der Waals surface area (Å²) in [4.78, 5) is 25.2. The second kappa shape index (κ2) is 7.63. The van der Waals surface area contributed by atoms with Crippen LogP contribution in [0.3, 0.4) is 0 Å². The van der Waals surface area contributed by atoms with Gasteiger partial charge in [-0.2, -0.15) is 8.78 Å². The van der Waals surface area contributed by atoms with Crippen molar-refractivity contribution < 1.29 is 32.6 Å². The van der Waals surface area contributed by atoms with E-state index >= 15 is 0 Å². The third-order valence-corrected chi connectivity index (χ3v) is 10.1. The topological polar surface area (TPSA) is 61.8 Å². The third-order valence-electron chi connectivity index (χ3n) is 10.1. The van der Waals surface area contributed by atoms with E-state index in [1.807, 2.05) is 0 Å². The highest BCUT2D eigenvalue weighted by molar-refractivity contribution is 5.79. The van der Waals surface area contributed by atoms with E-state index in [0.717, 1.165) is 30.1 Å². The van der Waals surface area contributed by atoms with E-state index in [1.165, 1.54) is 32.1 Å². The van der Waals surface area contributed by atoms with Gasteiger partial charge >= 0.3 is 17.9 Å².